The highest BCUT2D eigenvalue weighted by Crippen LogP contribution is 2.24. The van der Waals surface area contributed by atoms with Gasteiger partial charge < -0.3 is 9.67 Å². The van der Waals surface area contributed by atoms with Crippen molar-refractivity contribution in [3.05, 3.63) is 30.1 Å². The van der Waals surface area contributed by atoms with Gasteiger partial charge in [-0.05, 0) is 19.4 Å². The fraction of sp³-hybridized carbons (Fsp3) is 0.500. The summed E-state index contributed by atoms with van der Waals surface area (Å²) >= 11 is 0. The molecule has 0 aliphatic carbocycles. The van der Waals surface area contributed by atoms with Crippen LogP contribution in [0.25, 0.3) is 0 Å². The van der Waals surface area contributed by atoms with E-state index in [1.54, 1.807) is 10.9 Å². The van der Waals surface area contributed by atoms with E-state index in [0.717, 1.165) is 11.6 Å². The molecule has 2 unspecified atom stereocenters. The lowest BCUT2D eigenvalue weighted by molar-refractivity contribution is -0.142. The number of aliphatic carboxylic acids is 1. The Morgan fingerprint density at radius 3 is 3.05 bits per heavy atom. The molecule has 0 aromatic carbocycles. The van der Waals surface area contributed by atoms with E-state index in [9.17, 15) is 4.79 Å². The Bertz CT molecular complexity index is 589. The number of carbonyl (C=O) groups is 1. The van der Waals surface area contributed by atoms with Crippen LogP contribution >= 0.6 is 0 Å². The molecule has 0 spiro atoms. The van der Waals surface area contributed by atoms with Crippen LogP contribution in [-0.4, -0.2) is 35.6 Å². The lowest BCUT2D eigenvalue weighted by Crippen LogP contribution is -2.28. The van der Waals surface area contributed by atoms with E-state index in [4.69, 9.17) is 5.11 Å². The number of carboxylic acid groups (broad SMARTS) is 1. The summed E-state index contributed by atoms with van der Waals surface area (Å²) in [6.45, 7) is 2.42. The average molecular weight is 261 g/mol. The molecule has 0 radical (unpaired) electrons. The van der Waals surface area contributed by atoms with Gasteiger partial charge in [-0.2, -0.15) is 5.10 Å². The number of fused-ring (bicyclic) bond motifs is 1. The van der Waals surface area contributed by atoms with Gasteiger partial charge in [-0.25, -0.2) is 0 Å². The first kappa shape index (κ1) is 11.9. The normalized spacial score (nSPS) is 19.9. The van der Waals surface area contributed by atoms with Crippen LogP contribution in [0.5, 0.6) is 0 Å². The van der Waals surface area contributed by atoms with Gasteiger partial charge in [-0.1, -0.05) is 0 Å². The van der Waals surface area contributed by atoms with Crippen LogP contribution in [-0.2, 0) is 17.8 Å². The van der Waals surface area contributed by atoms with Crippen LogP contribution in [0.15, 0.2) is 18.5 Å². The summed E-state index contributed by atoms with van der Waals surface area (Å²) in [7, 11) is 0. The van der Waals surface area contributed by atoms with Gasteiger partial charge >= 0.3 is 5.97 Å². The number of hydrogen-bond donors (Lipinski definition) is 1. The van der Waals surface area contributed by atoms with Gasteiger partial charge in [0.2, 0.25) is 0 Å². The Balaban J connectivity index is 1.93. The molecule has 0 saturated carbocycles. The number of carboxylic acids is 1. The molecule has 7 heteroatoms. The van der Waals surface area contributed by atoms with Crippen molar-refractivity contribution < 1.29 is 9.90 Å². The van der Waals surface area contributed by atoms with Crippen molar-refractivity contribution in [1.29, 1.82) is 0 Å². The molecular formula is C12H15N5O2. The van der Waals surface area contributed by atoms with Gasteiger partial charge in [0.25, 0.3) is 0 Å². The van der Waals surface area contributed by atoms with Crippen molar-refractivity contribution in [3.63, 3.8) is 0 Å². The van der Waals surface area contributed by atoms with Crippen LogP contribution in [0, 0.1) is 5.92 Å². The molecule has 3 rings (SSSR count). The summed E-state index contributed by atoms with van der Waals surface area (Å²) in [5.41, 5.74) is 0. The predicted octanol–water partition coefficient (Wildman–Crippen LogP) is 0.731. The second kappa shape index (κ2) is 4.49. The summed E-state index contributed by atoms with van der Waals surface area (Å²) in [4.78, 5) is 11.1. The third-order valence-corrected chi connectivity index (χ3v) is 3.62. The minimum absolute atomic E-state index is 0.0520. The molecule has 0 bridgehead atoms. The van der Waals surface area contributed by atoms with E-state index in [2.05, 4.69) is 15.3 Å². The molecule has 0 fully saturated rings. The second-order valence-electron chi connectivity index (χ2n) is 4.82. The van der Waals surface area contributed by atoms with Gasteiger partial charge in [0.15, 0.2) is 5.82 Å². The minimum Gasteiger partial charge on any atom is -0.481 e. The number of nitrogens with zero attached hydrogens (tertiary/aromatic N) is 5. The average Bonchev–Trinajstić information content (AvgIpc) is 3.06. The SMILES string of the molecule is CC(c1nnc2n1CC(C(=O)O)CC2)n1cccn1. The molecular weight excluding hydrogens is 246 g/mol. The third-order valence-electron chi connectivity index (χ3n) is 3.62. The smallest absolute Gasteiger partial charge is 0.308 e. The topological polar surface area (TPSA) is 85.8 Å². The zero-order valence-corrected chi connectivity index (χ0v) is 10.6. The van der Waals surface area contributed by atoms with E-state index in [0.29, 0.717) is 19.4 Å². The minimum atomic E-state index is -0.753. The Morgan fingerprint density at radius 1 is 1.53 bits per heavy atom. The zero-order valence-electron chi connectivity index (χ0n) is 10.6. The molecule has 1 aliphatic rings. The molecule has 19 heavy (non-hydrogen) atoms. The van der Waals surface area contributed by atoms with E-state index >= 15 is 0 Å². The molecule has 0 amide bonds. The van der Waals surface area contributed by atoms with Crippen LogP contribution in [0.3, 0.4) is 0 Å². The molecule has 2 atom stereocenters. The molecule has 7 nitrogen and oxygen atoms in total. The van der Waals surface area contributed by atoms with Gasteiger partial charge in [-0.15, -0.1) is 10.2 Å². The van der Waals surface area contributed by atoms with Gasteiger partial charge in [0, 0.05) is 25.4 Å². The zero-order chi connectivity index (χ0) is 13.4. The molecule has 1 aliphatic heterocycles. The van der Waals surface area contributed by atoms with E-state index < -0.39 is 5.97 Å². The Kier molecular flexibility index (Phi) is 2.81. The molecule has 2 aromatic rings. The Hall–Kier alpha value is -2.18. The number of aromatic nitrogens is 5. The monoisotopic (exact) mass is 261 g/mol. The lowest BCUT2D eigenvalue weighted by atomic mass is 9.99. The third kappa shape index (κ3) is 2.00. The number of hydrogen-bond acceptors (Lipinski definition) is 4. The number of rotatable bonds is 3. The first-order chi connectivity index (χ1) is 9.16. The fourth-order valence-corrected chi connectivity index (χ4v) is 2.49. The van der Waals surface area contributed by atoms with E-state index in [1.165, 1.54) is 0 Å². The first-order valence-electron chi connectivity index (χ1n) is 6.30. The Labute approximate surface area is 109 Å². The van der Waals surface area contributed by atoms with Crippen molar-refractivity contribution in [2.45, 2.75) is 32.4 Å². The van der Waals surface area contributed by atoms with Crippen molar-refractivity contribution in [3.8, 4) is 0 Å². The summed E-state index contributed by atoms with van der Waals surface area (Å²) < 4.78 is 3.72. The highest BCUT2D eigenvalue weighted by molar-refractivity contribution is 5.70. The lowest BCUT2D eigenvalue weighted by Gasteiger charge is -2.22. The van der Waals surface area contributed by atoms with Crippen LogP contribution in [0.2, 0.25) is 0 Å². The second-order valence-corrected chi connectivity index (χ2v) is 4.82. The molecule has 3 heterocycles. The van der Waals surface area contributed by atoms with Crippen molar-refractivity contribution in [2.24, 2.45) is 5.92 Å². The summed E-state index contributed by atoms with van der Waals surface area (Å²) in [5, 5.41) is 21.7. The van der Waals surface area contributed by atoms with Crippen molar-refractivity contribution >= 4 is 5.97 Å². The highest BCUT2D eigenvalue weighted by atomic mass is 16.4. The van der Waals surface area contributed by atoms with Crippen molar-refractivity contribution in [1.82, 2.24) is 24.5 Å². The molecule has 100 valence electrons. The predicted molar refractivity (Wildman–Crippen MR) is 65.5 cm³/mol. The summed E-state index contributed by atoms with van der Waals surface area (Å²) in [6, 6.07) is 1.80. The molecule has 0 saturated heterocycles. The first-order valence-corrected chi connectivity index (χ1v) is 6.30. The summed E-state index contributed by atoms with van der Waals surface area (Å²) in [6.07, 6.45) is 4.87. The molecule has 2 aromatic heterocycles. The quantitative estimate of drug-likeness (QED) is 0.880. The van der Waals surface area contributed by atoms with E-state index in [1.807, 2.05) is 23.8 Å². The Morgan fingerprint density at radius 2 is 2.37 bits per heavy atom. The van der Waals surface area contributed by atoms with E-state index in [-0.39, 0.29) is 12.0 Å². The summed E-state index contributed by atoms with van der Waals surface area (Å²) in [5.74, 6) is 0.528. The maximum Gasteiger partial charge on any atom is 0.308 e. The largest absolute Gasteiger partial charge is 0.481 e. The van der Waals surface area contributed by atoms with Gasteiger partial charge in [0.05, 0.1) is 5.92 Å². The maximum absolute atomic E-state index is 11.1. The van der Waals surface area contributed by atoms with Crippen molar-refractivity contribution in [2.75, 3.05) is 0 Å². The van der Waals surface area contributed by atoms with Gasteiger partial charge in [0.1, 0.15) is 11.9 Å². The number of aryl methyl sites for hydroxylation is 1. The standard InChI is InChI=1S/C12H15N5O2/c1-8(17-6-2-5-13-17)11-15-14-10-4-3-9(12(18)19)7-16(10)11/h2,5-6,8-9H,3-4,7H2,1H3,(H,18,19). The van der Waals surface area contributed by atoms with Crippen LogP contribution in [0.1, 0.15) is 31.0 Å². The molecule has 1 N–H and O–H groups in total. The fourth-order valence-electron chi connectivity index (χ4n) is 2.49. The van der Waals surface area contributed by atoms with Crippen LogP contribution in [0.4, 0.5) is 0 Å². The van der Waals surface area contributed by atoms with Gasteiger partial charge in [-0.3, -0.25) is 9.48 Å². The highest BCUT2D eigenvalue weighted by Gasteiger charge is 2.29. The maximum atomic E-state index is 11.1. The van der Waals surface area contributed by atoms with Crippen LogP contribution < -0.4 is 0 Å².